The van der Waals surface area contributed by atoms with E-state index in [1.807, 2.05) is 0 Å². The molecule has 4 aliphatic rings. The van der Waals surface area contributed by atoms with Gasteiger partial charge in [-0.1, -0.05) is 13.8 Å². The predicted molar refractivity (Wildman–Crippen MR) is 87.7 cm³/mol. The zero-order valence-electron chi connectivity index (χ0n) is 14.5. The van der Waals surface area contributed by atoms with Crippen molar-refractivity contribution in [3.63, 3.8) is 0 Å². The molecule has 0 aromatic carbocycles. The molecule has 0 aromatic rings. The van der Waals surface area contributed by atoms with Crippen LogP contribution in [0.3, 0.4) is 0 Å². The van der Waals surface area contributed by atoms with E-state index in [-0.39, 0.29) is 22.9 Å². The summed E-state index contributed by atoms with van der Waals surface area (Å²) in [4.78, 5) is 23.9. The molecular weight excluding hydrogens is 288 g/mol. The Kier molecular flexibility index (Phi) is 3.54. The second kappa shape index (κ2) is 5.15. The quantitative estimate of drug-likeness (QED) is 0.754. The maximum Gasteiger partial charge on any atom is 0.133 e. The van der Waals surface area contributed by atoms with E-state index in [1.54, 1.807) is 0 Å². The first-order valence-corrected chi connectivity index (χ1v) is 9.56. The van der Waals surface area contributed by atoms with Crippen molar-refractivity contribution in [2.75, 3.05) is 0 Å². The summed E-state index contributed by atoms with van der Waals surface area (Å²) in [5.41, 5.74) is 0.0962. The molecule has 23 heavy (non-hydrogen) atoms. The number of hydrogen-bond acceptors (Lipinski definition) is 3. The number of carbonyl (C=O) groups excluding carboxylic acids is 2. The summed E-state index contributed by atoms with van der Waals surface area (Å²) in [6.07, 6.45) is 8.68. The average molecular weight is 318 g/mol. The van der Waals surface area contributed by atoms with Crippen LogP contribution in [-0.4, -0.2) is 23.3 Å². The minimum atomic E-state index is -0.145. The van der Waals surface area contributed by atoms with E-state index in [0.717, 1.165) is 38.4 Å². The van der Waals surface area contributed by atoms with E-state index in [0.29, 0.717) is 42.3 Å². The molecule has 0 aliphatic heterocycles. The topological polar surface area (TPSA) is 54.4 Å². The Labute approximate surface area is 139 Å². The number of Topliss-reactive ketones (excluding diaryl/α,β-unsaturated/α-hetero) is 1. The van der Waals surface area contributed by atoms with Gasteiger partial charge in [-0.05, 0) is 73.0 Å². The summed E-state index contributed by atoms with van der Waals surface area (Å²) in [7, 11) is 0. The molecule has 0 spiro atoms. The smallest absolute Gasteiger partial charge is 0.133 e. The molecule has 0 amide bonds. The molecule has 4 saturated carbocycles. The number of hydrogen-bond donors (Lipinski definition) is 1. The van der Waals surface area contributed by atoms with Gasteiger partial charge >= 0.3 is 0 Å². The van der Waals surface area contributed by atoms with Crippen LogP contribution in [0, 0.1) is 40.4 Å². The predicted octanol–water partition coefficient (Wildman–Crippen LogP) is 3.38. The van der Waals surface area contributed by atoms with Gasteiger partial charge in [-0.2, -0.15) is 0 Å². The van der Waals surface area contributed by atoms with Crippen molar-refractivity contribution in [2.24, 2.45) is 40.4 Å². The van der Waals surface area contributed by atoms with Crippen molar-refractivity contribution < 1.29 is 14.7 Å². The number of carbonyl (C=O) groups is 2. The van der Waals surface area contributed by atoms with Crippen LogP contribution in [0.25, 0.3) is 0 Å². The molecule has 3 heteroatoms. The first kappa shape index (κ1) is 15.8. The first-order valence-electron chi connectivity index (χ1n) is 9.56. The Balaban J connectivity index is 1.69. The van der Waals surface area contributed by atoms with Gasteiger partial charge in [-0.25, -0.2) is 0 Å². The molecule has 0 saturated heterocycles. The standard InChI is InChI=1S/C20H30O3/c1-19-8-7-17-15(16(19)5-6-18(19)23)4-3-12-9-14(22)10-13(11-21)20(12,17)2/h11-13,15-18,23H,3-10H2,1-2H3/t12-,13?,15-,16-,17-,18-,19-,20+/m0/s1. The van der Waals surface area contributed by atoms with Gasteiger partial charge in [0.2, 0.25) is 0 Å². The third kappa shape index (κ3) is 1.98. The highest BCUT2D eigenvalue weighted by molar-refractivity contribution is 5.83. The lowest BCUT2D eigenvalue weighted by Crippen LogP contribution is -2.57. The van der Waals surface area contributed by atoms with Gasteiger partial charge < -0.3 is 9.90 Å². The Morgan fingerprint density at radius 3 is 2.57 bits per heavy atom. The molecule has 0 radical (unpaired) electrons. The summed E-state index contributed by atoms with van der Waals surface area (Å²) < 4.78 is 0. The van der Waals surface area contributed by atoms with Gasteiger partial charge in [-0.15, -0.1) is 0 Å². The SMILES string of the molecule is C[C@]12CC[C@H]3[C@@H](CC[C@H]4CC(=O)CC(C=O)[C@@]43C)[C@@H]1CC[C@@H]2O. The van der Waals surface area contributed by atoms with Gasteiger partial charge in [0.05, 0.1) is 6.10 Å². The van der Waals surface area contributed by atoms with Gasteiger partial charge in [0.25, 0.3) is 0 Å². The van der Waals surface area contributed by atoms with Gasteiger partial charge in [0, 0.05) is 18.8 Å². The minimum absolute atomic E-state index is 0.00739. The van der Waals surface area contributed by atoms with Crippen LogP contribution in [0.2, 0.25) is 0 Å². The maximum absolute atomic E-state index is 12.1. The highest BCUT2D eigenvalue weighted by Gasteiger charge is 2.62. The van der Waals surface area contributed by atoms with Crippen LogP contribution in [-0.2, 0) is 9.59 Å². The molecule has 0 bridgehead atoms. The Morgan fingerprint density at radius 2 is 1.83 bits per heavy atom. The monoisotopic (exact) mass is 318 g/mol. The van der Waals surface area contributed by atoms with Gasteiger partial charge in [-0.3, -0.25) is 4.79 Å². The largest absolute Gasteiger partial charge is 0.393 e. The summed E-state index contributed by atoms with van der Waals surface area (Å²) in [5, 5.41) is 10.5. The molecule has 0 heterocycles. The van der Waals surface area contributed by atoms with Crippen molar-refractivity contribution >= 4 is 12.1 Å². The summed E-state index contributed by atoms with van der Waals surface area (Å²) in [5.74, 6) is 2.42. The number of ketones is 1. The lowest BCUT2D eigenvalue weighted by molar-refractivity contribution is -0.160. The molecule has 4 rings (SSSR count). The molecule has 1 N–H and O–H groups in total. The third-order valence-corrected chi connectivity index (χ3v) is 8.80. The number of aldehydes is 1. The maximum atomic E-state index is 12.1. The summed E-state index contributed by atoms with van der Waals surface area (Å²) in [6.45, 7) is 4.61. The van der Waals surface area contributed by atoms with Crippen LogP contribution in [0.15, 0.2) is 0 Å². The van der Waals surface area contributed by atoms with Crippen molar-refractivity contribution in [2.45, 2.75) is 71.3 Å². The number of aliphatic hydroxyl groups is 1. The minimum Gasteiger partial charge on any atom is -0.393 e. The van der Waals surface area contributed by atoms with Crippen molar-refractivity contribution in [3.05, 3.63) is 0 Å². The van der Waals surface area contributed by atoms with Gasteiger partial charge in [0.15, 0.2) is 0 Å². The van der Waals surface area contributed by atoms with E-state index in [1.165, 1.54) is 6.42 Å². The highest BCUT2D eigenvalue weighted by Crippen LogP contribution is 2.66. The lowest BCUT2D eigenvalue weighted by Gasteiger charge is -2.61. The van der Waals surface area contributed by atoms with Crippen molar-refractivity contribution in [1.82, 2.24) is 0 Å². The van der Waals surface area contributed by atoms with Crippen LogP contribution in [0.5, 0.6) is 0 Å². The number of aliphatic hydroxyl groups excluding tert-OH is 1. The molecule has 1 unspecified atom stereocenters. The highest BCUT2D eigenvalue weighted by atomic mass is 16.3. The Hall–Kier alpha value is -0.700. The molecule has 4 aliphatic carbocycles. The van der Waals surface area contributed by atoms with E-state index in [9.17, 15) is 14.7 Å². The fraction of sp³-hybridized carbons (Fsp3) is 0.900. The van der Waals surface area contributed by atoms with Crippen LogP contribution >= 0.6 is 0 Å². The molecule has 0 aromatic heterocycles. The van der Waals surface area contributed by atoms with E-state index < -0.39 is 0 Å². The normalized spacial score (nSPS) is 55.7. The lowest BCUT2D eigenvalue weighted by atomic mass is 9.43. The van der Waals surface area contributed by atoms with Crippen LogP contribution < -0.4 is 0 Å². The Bertz CT molecular complexity index is 529. The fourth-order valence-electron chi connectivity index (χ4n) is 7.36. The molecule has 128 valence electrons. The molecule has 3 nitrogen and oxygen atoms in total. The van der Waals surface area contributed by atoms with Crippen molar-refractivity contribution in [3.8, 4) is 0 Å². The van der Waals surface area contributed by atoms with E-state index in [4.69, 9.17) is 0 Å². The number of rotatable bonds is 1. The first-order chi connectivity index (χ1) is 10.9. The fourth-order valence-corrected chi connectivity index (χ4v) is 7.36. The zero-order valence-corrected chi connectivity index (χ0v) is 14.5. The molecular formula is C20H30O3. The average Bonchev–Trinajstić information content (AvgIpc) is 2.83. The van der Waals surface area contributed by atoms with E-state index in [2.05, 4.69) is 13.8 Å². The van der Waals surface area contributed by atoms with Crippen LogP contribution in [0.1, 0.15) is 65.2 Å². The molecule has 4 fully saturated rings. The summed E-state index contributed by atoms with van der Waals surface area (Å²) >= 11 is 0. The summed E-state index contributed by atoms with van der Waals surface area (Å²) in [6, 6.07) is 0. The molecule has 8 atom stereocenters. The zero-order chi connectivity index (χ0) is 16.4. The Morgan fingerprint density at radius 1 is 1.04 bits per heavy atom. The third-order valence-electron chi connectivity index (χ3n) is 8.80. The second-order valence-electron chi connectivity index (χ2n) is 9.34. The van der Waals surface area contributed by atoms with Crippen molar-refractivity contribution in [1.29, 1.82) is 0 Å². The number of fused-ring (bicyclic) bond motifs is 5. The van der Waals surface area contributed by atoms with E-state index >= 15 is 0 Å². The second-order valence-corrected chi connectivity index (χ2v) is 9.34. The van der Waals surface area contributed by atoms with Gasteiger partial charge in [0.1, 0.15) is 12.1 Å². The van der Waals surface area contributed by atoms with Crippen LogP contribution in [0.4, 0.5) is 0 Å².